The minimum Gasteiger partial charge on any atom is -0.385 e. The molecule has 0 spiro atoms. The molecule has 0 aromatic carbocycles. The zero-order valence-corrected chi connectivity index (χ0v) is 16.8. The average molecular weight is 360 g/mol. The Morgan fingerprint density at radius 1 is 0.800 bits per heavy atom. The van der Waals surface area contributed by atoms with Crippen LogP contribution in [0.4, 0.5) is 0 Å². The van der Waals surface area contributed by atoms with Crippen LogP contribution in [0.3, 0.4) is 0 Å². The van der Waals surface area contributed by atoms with Gasteiger partial charge >= 0.3 is 0 Å². The molecule has 0 aliphatic rings. The van der Waals surface area contributed by atoms with E-state index in [2.05, 4.69) is 19.2 Å². The van der Waals surface area contributed by atoms with Gasteiger partial charge in [0.2, 0.25) is 5.91 Å². The molecule has 25 heavy (non-hydrogen) atoms. The highest BCUT2D eigenvalue weighted by atomic mass is 16.5. The lowest BCUT2D eigenvalue weighted by molar-refractivity contribution is -0.121. The molecule has 0 saturated heterocycles. The van der Waals surface area contributed by atoms with Crippen molar-refractivity contribution in [2.75, 3.05) is 46.7 Å². The number of amides is 1. The summed E-state index contributed by atoms with van der Waals surface area (Å²) >= 11 is 0. The first-order valence-corrected chi connectivity index (χ1v) is 10.1. The van der Waals surface area contributed by atoms with E-state index in [0.29, 0.717) is 32.8 Å². The normalized spacial score (nSPS) is 11.2. The third-order valence-corrected chi connectivity index (χ3v) is 4.01. The van der Waals surface area contributed by atoms with Crippen LogP contribution >= 0.6 is 0 Å². The first-order chi connectivity index (χ1) is 12.2. The highest BCUT2D eigenvalue weighted by Gasteiger charge is 2.00. The molecule has 0 aromatic rings. The van der Waals surface area contributed by atoms with Crippen LogP contribution in [0.2, 0.25) is 0 Å². The van der Waals surface area contributed by atoms with Crippen LogP contribution in [-0.2, 0) is 19.0 Å². The molecule has 0 fully saturated rings. The lowest BCUT2D eigenvalue weighted by atomic mass is 10.1. The SMILES string of the molecule is COCCCCCCCCC(=O)NCCOCCOCCCC(C)C. The molecule has 0 radical (unpaired) electrons. The molecule has 1 amide bonds. The van der Waals surface area contributed by atoms with Crippen LogP contribution in [-0.4, -0.2) is 52.6 Å². The Morgan fingerprint density at radius 3 is 2.12 bits per heavy atom. The van der Waals surface area contributed by atoms with Gasteiger partial charge in [-0.05, 0) is 31.6 Å². The van der Waals surface area contributed by atoms with E-state index in [4.69, 9.17) is 14.2 Å². The van der Waals surface area contributed by atoms with Crippen molar-refractivity contribution in [3.8, 4) is 0 Å². The Hall–Kier alpha value is -0.650. The predicted octanol–water partition coefficient (Wildman–Crippen LogP) is 3.95. The van der Waals surface area contributed by atoms with Crippen molar-refractivity contribution in [3.63, 3.8) is 0 Å². The van der Waals surface area contributed by atoms with E-state index in [1.54, 1.807) is 7.11 Å². The van der Waals surface area contributed by atoms with Gasteiger partial charge in [0.25, 0.3) is 0 Å². The molecule has 0 rings (SSSR count). The molecule has 0 aliphatic heterocycles. The zero-order valence-electron chi connectivity index (χ0n) is 16.8. The number of nitrogens with one attached hydrogen (secondary N) is 1. The minimum atomic E-state index is 0.132. The van der Waals surface area contributed by atoms with E-state index in [1.807, 2.05) is 0 Å². The van der Waals surface area contributed by atoms with Crippen LogP contribution in [0.5, 0.6) is 0 Å². The van der Waals surface area contributed by atoms with Crippen molar-refractivity contribution in [1.82, 2.24) is 5.32 Å². The standard InChI is InChI=1S/C20H41NO4/c1-19(2)11-10-15-24-17-18-25-16-13-21-20(22)12-8-6-4-5-7-9-14-23-3/h19H,4-18H2,1-3H3,(H,21,22). The van der Waals surface area contributed by atoms with Crippen LogP contribution in [0.1, 0.15) is 71.6 Å². The third-order valence-electron chi connectivity index (χ3n) is 4.01. The largest absolute Gasteiger partial charge is 0.385 e. The minimum absolute atomic E-state index is 0.132. The molecule has 5 nitrogen and oxygen atoms in total. The van der Waals surface area contributed by atoms with Gasteiger partial charge in [-0.15, -0.1) is 0 Å². The van der Waals surface area contributed by atoms with Crippen LogP contribution in [0.25, 0.3) is 0 Å². The third kappa shape index (κ3) is 21.3. The van der Waals surface area contributed by atoms with E-state index in [1.165, 1.54) is 25.7 Å². The lowest BCUT2D eigenvalue weighted by Gasteiger charge is -2.08. The Bertz CT molecular complexity index is 285. The number of carbonyl (C=O) groups is 1. The Kier molecular flexibility index (Phi) is 19.2. The zero-order chi connectivity index (χ0) is 18.6. The van der Waals surface area contributed by atoms with Crippen molar-refractivity contribution in [2.45, 2.75) is 71.6 Å². The summed E-state index contributed by atoms with van der Waals surface area (Å²) < 4.78 is 16.0. The topological polar surface area (TPSA) is 56.8 Å². The molecule has 0 bridgehead atoms. The predicted molar refractivity (Wildman–Crippen MR) is 103 cm³/mol. The summed E-state index contributed by atoms with van der Waals surface area (Å²) in [5, 5.41) is 2.90. The smallest absolute Gasteiger partial charge is 0.220 e. The number of carbonyl (C=O) groups excluding carboxylic acids is 1. The first-order valence-electron chi connectivity index (χ1n) is 10.1. The fraction of sp³-hybridized carbons (Fsp3) is 0.950. The second kappa shape index (κ2) is 19.7. The highest BCUT2D eigenvalue weighted by molar-refractivity contribution is 5.75. The highest BCUT2D eigenvalue weighted by Crippen LogP contribution is 2.07. The summed E-state index contributed by atoms with van der Waals surface area (Å²) in [4.78, 5) is 11.7. The molecular formula is C20H41NO4. The van der Waals surface area contributed by atoms with Crippen LogP contribution < -0.4 is 5.32 Å². The summed E-state index contributed by atoms with van der Waals surface area (Å²) in [6.07, 6.45) is 9.85. The maximum atomic E-state index is 11.7. The Morgan fingerprint density at radius 2 is 1.44 bits per heavy atom. The monoisotopic (exact) mass is 359 g/mol. The van der Waals surface area contributed by atoms with Gasteiger partial charge in [-0.25, -0.2) is 0 Å². The van der Waals surface area contributed by atoms with Crippen LogP contribution in [0, 0.1) is 5.92 Å². The van der Waals surface area contributed by atoms with Crippen LogP contribution in [0.15, 0.2) is 0 Å². The van der Waals surface area contributed by atoms with Crippen molar-refractivity contribution in [1.29, 1.82) is 0 Å². The molecule has 150 valence electrons. The number of ether oxygens (including phenoxy) is 3. The number of hydrogen-bond acceptors (Lipinski definition) is 4. The molecule has 0 aromatic heterocycles. The van der Waals surface area contributed by atoms with Gasteiger partial charge < -0.3 is 19.5 Å². The summed E-state index contributed by atoms with van der Waals surface area (Å²) in [5.74, 6) is 0.872. The average Bonchev–Trinajstić information content (AvgIpc) is 2.58. The number of methoxy groups -OCH3 is 1. The maximum absolute atomic E-state index is 11.7. The Labute approximate surface area is 155 Å². The first kappa shape index (κ1) is 24.4. The van der Waals surface area contributed by atoms with Crippen molar-refractivity contribution < 1.29 is 19.0 Å². The maximum Gasteiger partial charge on any atom is 0.220 e. The molecule has 1 N–H and O–H groups in total. The fourth-order valence-electron chi connectivity index (χ4n) is 2.51. The second-order valence-electron chi connectivity index (χ2n) is 6.97. The van der Waals surface area contributed by atoms with Gasteiger partial charge in [-0.1, -0.05) is 39.5 Å². The molecule has 0 aliphatic carbocycles. The van der Waals surface area contributed by atoms with Gasteiger partial charge in [-0.3, -0.25) is 4.79 Å². The quantitative estimate of drug-likeness (QED) is 0.355. The van der Waals surface area contributed by atoms with E-state index in [9.17, 15) is 4.79 Å². The molecule has 0 atom stereocenters. The van der Waals surface area contributed by atoms with Crippen molar-refractivity contribution in [3.05, 3.63) is 0 Å². The molecule has 0 heterocycles. The van der Waals surface area contributed by atoms with Gasteiger partial charge in [0, 0.05) is 33.3 Å². The fourth-order valence-corrected chi connectivity index (χ4v) is 2.51. The Balaban J connectivity index is 3.15. The summed E-state index contributed by atoms with van der Waals surface area (Å²) in [6.45, 7) is 8.49. The number of hydrogen-bond donors (Lipinski definition) is 1. The van der Waals surface area contributed by atoms with Gasteiger partial charge in [0.15, 0.2) is 0 Å². The summed E-state index contributed by atoms with van der Waals surface area (Å²) in [5.41, 5.74) is 0. The van der Waals surface area contributed by atoms with E-state index in [-0.39, 0.29) is 5.91 Å². The number of unbranched alkanes of at least 4 members (excludes halogenated alkanes) is 5. The van der Waals surface area contributed by atoms with Crippen molar-refractivity contribution >= 4 is 5.91 Å². The van der Waals surface area contributed by atoms with E-state index >= 15 is 0 Å². The van der Waals surface area contributed by atoms with E-state index < -0.39 is 0 Å². The van der Waals surface area contributed by atoms with Gasteiger partial charge in [0.1, 0.15) is 0 Å². The van der Waals surface area contributed by atoms with Gasteiger partial charge in [0.05, 0.1) is 19.8 Å². The second-order valence-corrected chi connectivity index (χ2v) is 6.97. The molecule has 5 heteroatoms. The lowest BCUT2D eigenvalue weighted by Crippen LogP contribution is -2.27. The molecule has 0 saturated carbocycles. The summed E-state index contributed by atoms with van der Waals surface area (Å²) in [7, 11) is 1.74. The molecular weight excluding hydrogens is 318 g/mol. The van der Waals surface area contributed by atoms with Gasteiger partial charge in [-0.2, -0.15) is 0 Å². The van der Waals surface area contributed by atoms with E-state index in [0.717, 1.165) is 44.8 Å². The summed E-state index contributed by atoms with van der Waals surface area (Å²) in [6, 6.07) is 0. The molecule has 0 unspecified atom stereocenters. The number of rotatable bonds is 19. The van der Waals surface area contributed by atoms with Crippen molar-refractivity contribution in [2.24, 2.45) is 5.92 Å².